The predicted molar refractivity (Wildman–Crippen MR) is 261 cm³/mol. The third-order valence-corrected chi connectivity index (χ3v) is 15.4. The van der Waals surface area contributed by atoms with Gasteiger partial charge in [0.05, 0.1) is 16.9 Å². The number of fused-ring (bicyclic) bond motifs is 4. The number of hydrogen-bond acceptors (Lipinski definition) is 9. The highest BCUT2D eigenvalue weighted by Crippen LogP contribution is 2.50. The number of nitrogens with zero attached hydrogens (tertiary/aromatic N) is 4. The number of amides is 1. The van der Waals surface area contributed by atoms with Crippen LogP contribution in [0.3, 0.4) is 0 Å². The zero-order valence-corrected chi connectivity index (χ0v) is 41.0. The third kappa shape index (κ3) is 9.96. The van der Waals surface area contributed by atoms with E-state index in [1.165, 1.54) is 6.07 Å². The monoisotopic (exact) mass is 959 g/mol. The number of carbonyl (C=O) groups excluding carboxylic acids is 2. The van der Waals surface area contributed by atoms with Gasteiger partial charge in [0.2, 0.25) is 5.69 Å². The molecule has 352 valence electrons. The lowest BCUT2D eigenvalue weighted by Crippen LogP contribution is -2.28. The van der Waals surface area contributed by atoms with Crippen LogP contribution in [0.25, 0.3) is 10.8 Å². The molecule has 3 aliphatic heterocycles. The fourth-order valence-electron chi connectivity index (χ4n) is 9.82. The van der Waals surface area contributed by atoms with Crippen LogP contribution in [0.1, 0.15) is 103 Å². The van der Waals surface area contributed by atoms with Crippen molar-refractivity contribution in [3.8, 4) is 0 Å². The van der Waals surface area contributed by atoms with E-state index in [1.54, 1.807) is 12.1 Å². The van der Waals surface area contributed by atoms with Gasteiger partial charge in [0.15, 0.2) is 5.71 Å². The summed E-state index contributed by atoms with van der Waals surface area (Å²) in [6, 6.07) is 14.9. The molecule has 1 aliphatic carbocycles. The average Bonchev–Trinajstić information content (AvgIpc) is 3.76. The van der Waals surface area contributed by atoms with Crippen molar-refractivity contribution in [1.29, 1.82) is 0 Å². The van der Waals surface area contributed by atoms with Crippen LogP contribution in [-0.4, -0.2) is 86.1 Å². The molecule has 2 N–H and O–H groups in total. The minimum absolute atomic E-state index is 0.145. The first-order chi connectivity index (χ1) is 31.0. The van der Waals surface area contributed by atoms with E-state index in [2.05, 4.69) is 85.1 Å². The van der Waals surface area contributed by atoms with Gasteiger partial charge in [-0.15, -0.1) is 5.06 Å². The zero-order chi connectivity index (χ0) is 47.9. The Bertz CT molecular complexity index is 2880. The molecule has 0 atom stereocenters. The van der Waals surface area contributed by atoms with E-state index in [-0.39, 0.29) is 35.8 Å². The number of anilines is 2. The van der Waals surface area contributed by atoms with E-state index in [4.69, 9.17) is 16.4 Å². The molecule has 1 fully saturated rings. The van der Waals surface area contributed by atoms with Crippen LogP contribution in [0.4, 0.5) is 17.1 Å². The molecule has 0 aromatic heterocycles. The van der Waals surface area contributed by atoms with Crippen molar-refractivity contribution in [2.75, 3.05) is 42.7 Å². The van der Waals surface area contributed by atoms with E-state index in [0.29, 0.717) is 54.9 Å². The quantitative estimate of drug-likeness (QED) is 0.0798. The second kappa shape index (κ2) is 18.9. The highest BCUT2D eigenvalue weighted by atomic mass is 35.5. The lowest BCUT2D eigenvalue weighted by molar-refractivity contribution is -0.438. The molecule has 0 unspecified atom stereocenters. The number of unbranched alkanes of at least 4 members (excludes halogenated alkanes) is 2. The SMILES string of the molecule is C=C1CCC(=O)N1OC(=O)CCCCC[N+]1=C(C=CC2=C(Cl)C(=CC=C3N(CCCS(=O)(=O)O)c4ccc(N(C)C)cc4C3(C)C)CCC2)C(C)(C)c2c1ccc1c(S(=O)(=O)O)cccc21. The van der Waals surface area contributed by atoms with Gasteiger partial charge in [-0.1, -0.05) is 56.3 Å². The molecule has 0 radical (unpaired) electrons. The largest absolute Gasteiger partial charge is 0.378 e. The molecule has 0 saturated carbocycles. The number of halogens is 1. The van der Waals surface area contributed by atoms with E-state index in [1.807, 2.05) is 32.3 Å². The molecule has 0 spiro atoms. The van der Waals surface area contributed by atoms with Crippen LogP contribution in [-0.2, 0) is 45.5 Å². The van der Waals surface area contributed by atoms with Gasteiger partial charge in [0, 0.05) is 90.5 Å². The number of carbonyl (C=O) groups is 2. The van der Waals surface area contributed by atoms with E-state index < -0.39 is 37.0 Å². The summed E-state index contributed by atoms with van der Waals surface area (Å²) in [5, 5.41) is 2.81. The maximum atomic E-state index is 12.6. The van der Waals surface area contributed by atoms with E-state index >= 15 is 0 Å². The van der Waals surface area contributed by atoms with E-state index in [9.17, 15) is 35.5 Å². The van der Waals surface area contributed by atoms with Crippen LogP contribution in [0, 0.1) is 0 Å². The van der Waals surface area contributed by atoms with Gasteiger partial charge >= 0.3 is 5.97 Å². The second-order valence-electron chi connectivity index (χ2n) is 18.8. The molecule has 13 nitrogen and oxygen atoms in total. The van der Waals surface area contributed by atoms with E-state index in [0.717, 1.165) is 80.5 Å². The molecule has 7 rings (SSSR count). The second-order valence-corrected chi connectivity index (χ2v) is 22.1. The zero-order valence-electron chi connectivity index (χ0n) is 38.6. The van der Waals surface area contributed by atoms with Gasteiger partial charge < -0.3 is 14.6 Å². The van der Waals surface area contributed by atoms with Crippen molar-refractivity contribution >= 4 is 77.3 Å². The Morgan fingerprint density at radius 1 is 0.909 bits per heavy atom. The van der Waals surface area contributed by atoms with Gasteiger partial charge in [-0.25, -0.2) is 4.79 Å². The average molecular weight is 961 g/mol. The summed E-state index contributed by atoms with van der Waals surface area (Å²) in [4.78, 5) is 34.0. The smallest absolute Gasteiger partial charge is 0.333 e. The maximum absolute atomic E-state index is 12.6. The molecule has 3 heterocycles. The first-order valence-corrected chi connectivity index (χ1v) is 25.9. The van der Waals surface area contributed by atoms with Crippen molar-refractivity contribution in [1.82, 2.24) is 5.06 Å². The summed E-state index contributed by atoms with van der Waals surface area (Å²) in [5.74, 6) is -1.10. The number of hydrogen-bond donors (Lipinski definition) is 2. The van der Waals surface area contributed by atoms with Crippen molar-refractivity contribution in [2.45, 2.75) is 108 Å². The van der Waals surface area contributed by atoms with Crippen LogP contribution < -0.4 is 9.80 Å². The highest BCUT2D eigenvalue weighted by molar-refractivity contribution is 7.86. The van der Waals surface area contributed by atoms with Crippen molar-refractivity contribution < 1.29 is 44.9 Å². The lowest BCUT2D eigenvalue weighted by atomic mass is 9.78. The lowest BCUT2D eigenvalue weighted by Gasteiger charge is -2.27. The Balaban J connectivity index is 1.20. The summed E-state index contributed by atoms with van der Waals surface area (Å²) in [6.45, 7) is 13.3. The van der Waals surface area contributed by atoms with Crippen molar-refractivity contribution in [3.63, 3.8) is 0 Å². The van der Waals surface area contributed by atoms with Crippen LogP contribution >= 0.6 is 11.6 Å². The number of allylic oxidation sites excluding steroid dienone is 9. The van der Waals surface area contributed by atoms with Crippen LogP contribution in [0.2, 0.25) is 0 Å². The molecular weight excluding hydrogens is 900 g/mol. The Labute approximate surface area is 393 Å². The highest BCUT2D eigenvalue weighted by Gasteiger charge is 2.46. The van der Waals surface area contributed by atoms with Gasteiger partial charge in [-0.05, 0) is 117 Å². The standard InChI is InChI=1S/C50H59ClN4O9S2/c1-33-19-28-45(56)55(33)64-46(57)18-9-8-10-29-54-41-25-23-37-38(16-12-17-42(37)66(61,62)63)47(41)50(4,5)44(54)27-21-35-15-11-14-34(48(35)51)20-26-43-49(2,3)39-32-36(52(6)7)22-24-40(39)53(43)30-13-31-65(58,59)60/h12,16-17,20-27,32H,1,8-11,13-15,18-19,28-31H2,2-7H3,(H-,58,59,60,61,62,63)/p+1. The fourth-order valence-corrected chi connectivity index (χ4v) is 11.3. The molecule has 4 aliphatic rings. The summed E-state index contributed by atoms with van der Waals surface area (Å²) in [5.41, 5.74) is 8.37. The number of rotatable bonds is 16. The first-order valence-electron chi connectivity index (χ1n) is 22.4. The summed E-state index contributed by atoms with van der Waals surface area (Å²) < 4.78 is 70.3. The van der Waals surface area contributed by atoms with Crippen molar-refractivity contribution in [2.24, 2.45) is 0 Å². The maximum Gasteiger partial charge on any atom is 0.333 e. The molecule has 3 aromatic carbocycles. The van der Waals surface area contributed by atoms with Gasteiger partial charge in [0.1, 0.15) is 11.4 Å². The third-order valence-electron chi connectivity index (χ3n) is 13.2. The van der Waals surface area contributed by atoms with Gasteiger partial charge in [-0.2, -0.15) is 21.4 Å². The first kappa shape index (κ1) is 48.9. The fraction of sp³-hybridized carbons (Fsp3) is 0.420. The molecule has 0 bridgehead atoms. The Morgan fingerprint density at radius 2 is 1.67 bits per heavy atom. The summed E-state index contributed by atoms with van der Waals surface area (Å²) >= 11 is 7.30. The Morgan fingerprint density at radius 3 is 2.35 bits per heavy atom. The molecule has 16 heteroatoms. The van der Waals surface area contributed by atoms with Gasteiger partial charge in [-0.3, -0.25) is 13.9 Å². The topological polar surface area (TPSA) is 165 Å². The normalized spacial score (nSPS) is 19.6. The molecule has 1 amide bonds. The minimum Gasteiger partial charge on any atom is -0.378 e. The number of hydroxylamine groups is 2. The molecule has 66 heavy (non-hydrogen) atoms. The van der Waals surface area contributed by atoms with Crippen molar-refractivity contribution in [3.05, 3.63) is 118 Å². The number of benzene rings is 3. The van der Waals surface area contributed by atoms with Gasteiger partial charge in [0.25, 0.3) is 26.1 Å². The minimum atomic E-state index is -4.50. The molecule has 1 saturated heterocycles. The molecule has 3 aromatic rings. The Kier molecular flexibility index (Phi) is 14.0. The summed E-state index contributed by atoms with van der Waals surface area (Å²) in [6.07, 6.45) is 13.8. The predicted octanol–water partition coefficient (Wildman–Crippen LogP) is 9.80. The Hall–Kier alpha value is -5.06. The van der Waals surface area contributed by atoms with Crippen LogP contribution in [0.5, 0.6) is 0 Å². The summed E-state index contributed by atoms with van der Waals surface area (Å²) in [7, 11) is -4.64. The van der Waals surface area contributed by atoms with Crippen LogP contribution in [0.15, 0.2) is 112 Å². The molecular formula is C50H60ClN4O9S2+.